The molecule has 1 unspecified atom stereocenters. The molecule has 0 spiro atoms. The minimum atomic E-state index is 0. The zero-order valence-corrected chi connectivity index (χ0v) is 21.6. The van der Waals surface area contributed by atoms with Gasteiger partial charge in [-0.1, -0.05) is 24.3 Å². The van der Waals surface area contributed by atoms with Crippen LogP contribution >= 0.6 is 35.3 Å². The van der Waals surface area contributed by atoms with E-state index in [1.807, 2.05) is 30.9 Å². The molecule has 0 radical (unpaired) electrons. The molecular weight excluding hydrogens is 523 g/mol. The van der Waals surface area contributed by atoms with E-state index in [9.17, 15) is 0 Å². The molecule has 1 aromatic carbocycles. The predicted octanol–water partition coefficient (Wildman–Crippen LogP) is 4.31. The number of thiazole rings is 1. The maximum absolute atomic E-state index is 5.37. The highest BCUT2D eigenvalue weighted by atomic mass is 127. The molecule has 31 heavy (non-hydrogen) atoms. The Labute approximate surface area is 205 Å². The molecule has 0 bridgehead atoms. The van der Waals surface area contributed by atoms with Crippen molar-refractivity contribution in [2.75, 3.05) is 20.7 Å². The standard InChI is InChI=1S/C22H30N6OS.HI/c1-5-23-22(27(3)15-20-16-30-21(26-20)17(2)29-4)24-13-18-9-6-7-10-19(18)14-28-12-8-11-25-28;/h6-12,16-17H,5,13-15H2,1-4H3,(H,23,24);1H. The fraction of sp³-hybridized carbons (Fsp3) is 0.409. The van der Waals surface area contributed by atoms with Crippen molar-refractivity contribution in [1.82, 2.24) is 25.0 Å². The Morgan fingerprint density at radius 3 is 2.74 bits per heavy atom. The van der Waals surface area contributed by atoms with E-state index in [0.29, 0.717) is 13.1 Å². The number of methoxy groups -OCH3 is 1. The number of aromatic nitrogens is 3. The molecule has 0 amide bonds. The monoisotopic (exact) mass is 554 g/mol. The molecule has 3 rings (SSSR count). The zero-order chi connectivity index (χ0) is 21.3. The highest BCUT2D eigenvalue weighted by Gasteiger charge is 2.13. The van der Waals surface area contributed by atoms with Gasteiger partial charge in [-0.15, -0.1) is 35.3 Å². The minimum absolute atomic E-state index is 0. The normalized spacial score (nSPS) is 12.3. The van der Waals surface area contributed by atoms with E-state index in [2.05, 4.69) is 51.9 Å². The van der Waals surface area contributed by atoms with Gasteiger partial charge in [-0.25, -0.2) is 9.98 Å². The van der Waals surface area contributed by atoms with E-state index < -0.39 is 0 Å². The first-order chi connectivity index (χ1) is 14.6. The molecule has 3 aromatic rings. The second-order valence-electron chi connectivity index (χ2n) is 7.05. The van der Waals surface area contributed by atoms with Gasteiger partial charge in [0.1, 0.15) is 11.1 Å². The summed E-state index contributed by atoms with van der Waals surface area (Å²) in [6, 6.07) is 10.3. The lowest BCUT2D eigenvalue weighted by atomic mass is 10.1. The van der Waals surface area contributed by atoms with Gasteiger partial charge in [0, 0.05) is 38.5 Å². The van der Waals surface area contributed by atoms with Crippen LogP contribution in [0.1, 0.15) is 41.8 Å². The van der Waals surface area contributed by atoms with Gasteiger partial charge < -0.3 is 15.0 Å². The summed E-state index contributed by atoms with van der Waals surface area (Å²) in [4.78, 5) is 11.7. The van der Waals surface area contributed by atoms with Crippen molar-refractivity contribution in [1.29, 1.82) is 0 Å². The van der Waals surface area contributed by atoms with Crippen molar-refractivity contribution in [3.05, 3.63) is 69.9 Å². The van der Waals surface area contributed by atoms with E-state index in [4.69, 9.17) is 14.7 Å². The summed E-state index contributed by atoms with van der Waals surface area (Å²) in [6.45, 7) is 6.93. The third kappa shape index (κ3) is 7.29. The Kier molecular flexibility index (Phi) is 10.4. The first-order valence-corrected chi connectivity index (χ1v) is 11.0. The molecule has 0 aliphatic carbocycles. The SMILES string of the molecule is CCNC(=NCc1ccccc1Cn1cccn1)N(C)Cc1csc(C(C)OC)n1.I. The summed E-state index contributed by atoms with van der Waals surface area (Å²) >= 11 is 1.63. The van der Waals surface area contributed by atoms with Crippen molar-refractivity contribution in [2.24, 2.45) is 4.99 Å². The number of benzene rings is 1. The van der Waals surface area contributed by atoms with Crippen LogP contribution < -0.4 is 5.32 Å². The number of hydrogen-bond acceptors (Lipinski definition) is 5. The number of guanidine groups is 1. The summed E-state index contributed by atoms with van der Waals surface area (Å²) < 4.78 is 7.30. The van der Waals surface area contributed by atoms with Crippen LogP contribution in [0.2, 0.25) is 0 Å². The topological polar surface area (TPSA) is 67.6 Å². The van der Waals surface area contributed by atoms with Gasteiger partial charge in [-0.2, -0.15) is 5.10 Å². The molecule has 2 aromatic heterocycles. The number of hydrogen-bond donors (Lipinski definition) is 1. The lowest BCUT2D eigenvalue weighted by molar-refractivity contribution is 0.119. The quantitative estimate of drug-likeness (QED) is 0.243. The summed E-state index contributed by atoms with van der Waals surface area (Å²) in [5.41, 5.74) is 3.44. The molecule has 0 aliphatic heterocycles. The molecule has 0 saturated heterocycles. The highest BCUT2D eigenvalue weighted by molar-refractivity contribution is 14.0. The molecule has 0 fully saturated rings. The fourth-order valence-electron chi connectivity index (χ4n) is 3.06. The van der Waals surface area contributed by atoms with Crippen LogP contribution in [0.25, 0.3) is 0 Å². The molecule has 168 valence electrons. The summed E-state index contributed by atoms with van der Waals surface area (Å²) in [6.07, 6.45) is 3.79. The fourth-order valence-corrected chi connectivity index (χ4v) is 3.91. The second-order valence-corrected chi connectivity index (χ2v) is 7.94. The Bertz CT molecular complexity index is 943. The van der Waals surface area contributed by atoms with Gasteiger partial charge in [0.05, 0.1) is 25.3 Å². The predicted molar refractivity (Wildman–Crippen MR) is 137 cm³/mol. The molecule has 2 heterocycles. The van der Waals surface area contributed by atoms with Crippen LogP contribution in [-0.4, -0.2) is 46.3 Å². The summed E-state index contributed by atoms with van der Waals surface area (Å²) in [5.74, 6) is 0.862. The van der Waals surface area contributed by atoms with Crippen molar-refractivity contribution >= 4 is 41.3 Å². The third-order valence-corrected chi connectivity index (χ3v) is 5.83. The van der Waals surface area contributed by atoms with Crippen LogP contribution in [-0.2, 0) is 24.4 Å². The molecule has 0 aliphatic rings. The third-order valence-electron chi connectivity index (χ3n) is 4.78. The smallest absolute Gasteiger partial charge is 0.194 e. The number of nitrogens with zero attached hydrogens (tertiary/aromatic N) is 5. The Morgan fingerprint density at radius 1 is 1.29 bits per heavy atom. The van der Waals surface area contributed by atoms with Crippen LogP contribution in [0.15, 0.2) is 53.1 Å². The van der Waals surface area contributed by atoms with Gasteiger partial charge in [0.15, 0.2) is 5.96 Å². The number of rotatable bonds is 9. The first-order valence-electron chi connectivity index (χ1n) is 10.1. The molecule has 1 atom stereocenters. The van der Waals surface area contributed by atoms with Crippen LogP contribution in [0.5, 0.6) is 0 Å². The van der Waals surface area contributed by atoms with Gasteiger partial charge in [-0.05, 0) is 31.0 Å². The van der Waals surface area contributed by atoms with Gasteiger partial charge in [0.2, 0.25) is 0 Å². The lowest BCUT2D eigenvalue weighted by Gasteiger charge is -2.21. The highest BCUT2D eigenvalue weighted by Crippen LogP contribution is 2.21. The van der Waals surface area contributed by atoms with Crippen molar-refractivity contribution in [3.8, 4) is 0 Å². The van der Waals surface area contributed by atoms with Gasteiger partial charge >= 0.3 is 0 Å². The average molecular weight is 555 g/mol. The number of nitrogens with one attached hydrogen (secondary N) is 1. The van der Waals surface area contributed by atoms with E-state index in [1.165, 1.54) is 11.1 Å². The van der Waals surface area contributed by atoms with Crippen LogP contribution in [0.4, 0.5) is 0 Å². The Morgan fingerprint density at radius 2 is 2.06 bits per heavy atom. The van der Waals surface area contributed by atoms with Crippen LogP contribution in [0.3, 0.4) is 0 Å². The van der Waals surface area contributed by atoms with E-state index >= 15 is 0 Å². The van der Waals surface area contributed by atoms with E-state index in [1.54, 1.807) is 24.6 Å². The summed E-state index contributed by atoms with van der Waals surface area (Å²) in [7, 11) is 3.74. The second kappa shape index (κ2) is 12.8. The first kappa shape index (κ1) is 25.3. The molecular formula is C22H31IN6OS. The zero-order valence-electron chi connectivity index (χ0n) is 18.5. The minimum Gasteiger partial charge on any atom is -0.375 e. The Hall–Kier alpha value is -1.98. The van der Waals surface area contributed by atoms with Gasteiger partial charge in [-0.3, -0.25) is 4.68 Å². The van der Waals surface area contributed by atoms with E-state index in [0.717, 1.165) is 29.8 Å². The lowest BCUT2D eigenvalue weighted by Crippen LogP contribution is -2.38. The largest absolute Gasteiger partial charge is 0.375 e. The number of halogens is 1. The Balaban J connectivity index is 0.00000341. The van der Waals surface area contributed by atoms with Crippen molar-refractivity contribution < 1.29 is 4.74 Å². The van der Waals surface area contributed by atoms with Crippen molar-refractivity contribution in [2.45, 2.75) is 39.6 Å². The number of aliphatic imine (C=N–C) groups is 1. The van der Waals surface area contributed by atoms with Gasteiger partial charge in [0.25, 0.3) is 0 Å². The maximum atomic E-state index is 5.37. The molecule has 9 heteroatoms. The molecule has 7 nitrogen and oxygen atoms in total. The van der Waals surface area contributed by atoms with Crippen LogP contribution in [0, 0.1) is 0 Å². The maximum Gasteiger partial charge on any atom is 0.194 e. The molecule has 0 saturated carbocycles. The average Bonchev–Trinajstić information content (AvgIpc) is 3.43. The van der Waals surface area contributed by atoms with Crippen molar-refractivity contribution in [3.63, 3.8) is 0 Å². The van der Waals surface area contributed by atoms with E-state index in [-0.39, 0.29) is 30.1 Å². The molecule has 1 N–H and O–H groups in total. The number of ether oxygens (including phenoxy) is 1. The summed E-state index contributed by atoms with van der Waals surface area (Å²) in [5, 5.41) is 10.8.